The number of aliphatic hydroxyl groups is 1. The van der Waals surface area contributed by atoms with E-state index in [1.54, 1.807) is 12.1 Å². The molecular weight excluding hydrogens is 231 g/mol. The van der Waals surface area contributed by atoms with Crippen LogP contribution in [0.5, 0.6) is 5.75 Å². The minimum absolute atomic E-state index is 0.0175. The van der Waals surface area contributed by atoms with E-state index < -0.39 is 5.82 Å². The van der Waals surface area contributed by atoms with Gasteiger partial charge >= 0.3 is 0 Å². The third-order valence-electron chi connectivity index (χ3n) is 2.63. The average molecular weight is 246 g/mol. The SMILES string of the molecule is OCCc1ccc(OCc2ccccc2)c(F)c1. The van der Waals surface area contributed by atoms with E-state index in [9.17, 15) is 4.39 Å². The molecule has 2 aromatic rings. The Labute approximate surface area is 106 Å². The van der Waals surface area contributed by atoms with E-state index in [0.717, 1.165) is 11.1 Å². The first kappa shape index (κ1) is 12.6. The van der Waals surface area contributed by atoms with Crippen LogP contribution in [0.25, 0.3) is 0 Å². The van der Waals surface area contributed by atoms with Crippen molar-refractivity contribution in [2.45, 2.75) is 13.0 Å². The lowest BCUT2D eigenvalue weighted by atomic mass is 10.1. The largest absolute Gasteiger partial charge is 0.486 e. The van der Waals surface area contributed by atoms with Crippen molar-refractivity contribution in [1.29, 1.82) is 0 Å². The molecule has 0 saturated carbocycles. The van der Waals surface area contributed by atoms with Gasteiger partial charge in [0, 0.05) is 6.61 Å². The van der Waals surface area contributed by atoms with Gasteiger partial charge in [0.1, 0.15) is 6.61 Å². The van der Waals surface area contributed by atoms with Gasteiger partial charge in [-0.25, -0.2) is 4.39 Å². The van der Waals surface area contributed by atoms with Crippen LogP contribution in [0.3, 0.4) is 0 Å². The Bertz CT molecular complexity index is 497. The molecule has 2 nitrogen and oxygen atoms in total. The molecule has 0 saturated heterocycles. The zero-order chi connectivity index (χ0) is 12.8. The summed E-state index contributed by atoms with van der Waals surface area (Å²) in [5.74, 6) is -0.155. The first-order valence-electron chi connectivity index (χ1n) is 5.85. The lowest BCUT2D eigenvalue weighted by molar-refractivity contribution is 0.288. The molecule has 2 rings (SSSR count). The lowest BCUT2D eigenvalue weighted by Crippen LogP contribution is -1.98. The highest BCUT2D eigenvalue weighted by Gasteiger charge is 2.05. The maximum Gasteiger partial charge on any atom is 0.165 e. The summed E-state index contributed by atoms with van der Waals surface area (Å²) >= 11 is 0. The molecule has 0 aliphatic rings. The first-order valence-corrected chi connectivity index (χ1v) is 5.85. The second-order valence-electron chi connectivity index (χ2n) is 4.01. The van der Waals surface area contributed by atoms with Crippen molar-refractivity contribution in [2.24, 2.45) is 0 Å². The molecule has 0 heterocycles. The summed E-state index contributed by atoms with van der Waals surface area (Å²) in [4.78, 5) is 0. The molecule has 0 aliphatic heterocycles. The molecule has 0 aromatic heterocycles. The van der Waals surface area contributed by atoms with Gasteiger partial charge in [0.05, 0.1) is 0 Å². The molecule has 0 radical (unpaired) electrons. The second-order valence-corrected chi connectivity index (χ2v) is 4.01. The van der Waals surface area contributed by atoms with Crippen LogP contribution in [-0.2, 0) is 13.0 Å². The van der Waals surface area contributed by atoms with Crippen molar-refractivity contribution < 1.29 is 14.2 Å². The molecular formula is C15H15FO2. The predicted octanol–water partition coefficient (Wildman–Crippen LogP) is 2.94. The number of halogens is 1. The van der Waals surface area contributed by atoms with Gasteiger partial charge in [0.2, 0.25) is 0 Å². The standard InChI is InChI=1S/C15H15FO2/c16-14-10-12(8-9-17)6-7-15(14)18-11-13-4-2-1-3-5-13/h1-7,10,17H,8-9,11H2. The molecule has 3 heteroatoms. The van der Waals surface area contributed by atoms with Gasteiger partial charge < -0.3 is 9.84 Å². The fourth-order valence-electron chi connectivity index (χ4n) is 1.68. The van der Waals surface area contributed by atoms with Gasteiger partial charge in [-0.3, -0.25) is 0 Å². The maximum absolute atomic E-state index is 13.7. The van der Waals surface area contributed by atoms with Crippen LogP contribution < -0.4 is 4.74 Å². The van der Waals surface area contributed by atoms with E-state index in [4.69, 9.17) is 9.84 Å². The van der Waals surface area contributed by atoms with Gasteiger partial charge in [0.25, 0.3) is 0 Å². The fraction of sp³-hybridized carbons (Fsp3) is 0.200. The number of aliphatic hydroxyl groups excluding tert-OH is 1. The van der Waals surface area contributed by atoms with Crippen LogP contribution in [0.1, 0.15) is 11.1 Å². The smallest absolute Gasteiger partial charge is 0.165 e. The summed E-state index contributed by atoms with van der Waals surface area (Å²) in [5.41, 5.74) is 1.76. The van der Waals surface area contributed by atoms with E-state index in [0.29, 0.717) is 13.0 Å². The van der Waals surface area contributed by atoms with E-state index in [1.807, 2.05) is 30.3 Å². The zero-order valence-electron chi connectivity index (χ0n) is 9.97. The van der Waals surface area contributed by atoms with Gasteiger partial charge in [-0.1, -0.05) is 36.4 Å². The predicted molar refractivity (Wildman–Crippen MR) is 68.0 cm³/mol. The number of ether oxygens (including phenoxy) is 1. The quantitative estimate of drug-likeness (QED) is 0.879. The van der Waals surface area contributed by atoms with Gasteiger partial charge in [-0.05, 0) is 29.7 Å². The third kappa shape index (κ3) is 3.31. The Morgan fingerprint density at radius 1 is 1.00 bits per heavy atom. The van der Waals surface area contributed by atoms with E-state index in [2.05, 4.69) is 0 Å². The second kappa shape index (κ2) is 6.17. The molecule has 0 fully saturated rings. The Morgan fingerprint density at radius 3 is 2.44 bits per heavy atom. The number of benzene rings is 2. The number of rotatable bonds is 5. The summed E-state index contributed by atoms with van der Waals surface area (Å²) in [5, 5.41) is 8.78. The van der Waals surface area contributed by atoms with Gasteiger partial charge in [-0.15, -0.1) is 0 Å². The van der Waals surface area contributed by atoms with Gasteiger partial charge in [-0.2, -0.15) is 0 Å². The van der Waals surface area contributed by atoms with Crippen LogP contribution in [0.2, 0.25) is 0 Å². The highest BCUT2D eigenvalue weighted by molar-refractivity contribution is 5.30. The summed E-state index contributed by atoms with van der Waals surface area (Å²) < 4.78 is 19.1. The normalized spacial score (nSPS) is 10.3. The van der Waals surface area contributed by atoms with Crippen LogP contribution in [0, 0.1) is 5.82 Å². The van der Waals surface area contributed by atoms with Crippen molar-refractivity contribution in [2.75, 3.05) is 6.61 Å². The molecule has 0 spiro atoms. The summed E-state index contributed by atoms with van der Waals surface area (Å²) in [6.07, 6.45) is 0.454. The van der Waals surface area contributed by atoms with Crippen molar-refractivity contribution in [1.82, 2.24) is 0 Å². The summed E-state index contributed by atoms with van der Waals surface area (Å²) in [7, 11) is 0. The van der Waals surface area contributed by atoms with Crippen LogP contribution in [0.15, 0.2) is 48.5 Å². The topological polar surface area (TPSA) is 29.5 Å². The molecule has 0 bridgehead atoms. The van der Waals surface area contributed by atoms with E-state index in [1.165, 1.54) is 6.07 Å². The molecule has 0 aliphatic carbocycles. The van der Waals surface area contributed by atoms with Crippen LogP contribution in [0.4, 0.5) is 4.39 Å². The molecule has 0 atom stereocenters. The Morgan fingerprint density at radius 2 is 1.78 bits per heavy atom. The fourth-order valence-corrected chi connectivity index (χ4v) is 1.68. The van der Waals surface area contributed by atoms with E-state index in [-0.39, 0.29) is 12.4 Å². The van der Waals surface area contributed by atoms with Crippen molar-refractivity contribution in [3.63, 3.8) is 0 Å². The Kier molecular flexibility index (Phi) is 4.31. The lowest BCUT2D eigenvalue weighted by Gasteiger charge is -2.08. The zero-order valence-corrected chi connectivity index (χ0v) is 9.97. The average Bonchev–Trinajstić information content (AvgIpc) is 2.39. The molecule has 1 N–H and O–H groups in total. The Hall–Kier alpha value is -1.87. The molecule has 94 valence electrons. The number of hydrogen-bond donors (Lipinski definition) is 1. The third-order valence-corrected chi connectivity index (χ3v) is 2.63. The summed E-state index contributed by atoms with van der Waals surface area (Å²) in [6, 6.07) is 14.4. The van der Waals surface area contributed by atoms with Crippen molar-refractivity contribution in [3.8, 4) is 5.75 Å². The minimum atomic E-state index is -0.392. The monoisotopic (exact) mass is 246 g/mol. The molecule has 0 unspecified atom stereocenters. The van der Waals surface area contributed by atoms with E-state index >= 15 is 0 Å². The maximum atomic E-state index is 13.7. The molecule has 18 heavy (non-hydrogen) atoms. The minimum Gasteiger partial charge on any atom is -0.486 e. The van der Waals surface area contributed by atoms with Gasteiger partial charge in [0.15, 0.2) is 11.6 Å². The van der Waals surface area contributed by atoms with Crippen LogP contribution >= 0.6 is 0 Å². The highest BCUT2D eigenvalue weighted by atomic mass is 19.1. The Balaban J connectivity index is 2.01. The summed E-state index contributed by atoms with van der Waals surface area (Å²) in [6.45, 7) is 0.362. The van der Waals surface area contributed by atoms with Crippen molar-refractivity contribution in [3.05, 3.63) is 65.5 Å². The number of hydrogen-bond acceptors (Lipinski definition) is 2. The van der Waals surface area contributed by atoms with Crippen LogP contribution in [-0.4, -0.2) is 11.7 Å². The molecule has 2 aromatic carbocycles. The first-order chi connectivity index (χ1) is 8.79. The highest BCUT2D eigenvalue weighted by Crippen LogP contribution is 2.19. The van der Waals surface area contributed by atoms with Crippen molar-refractivity contribution >= 4 is 0 Å². The molecule has 0 amide bonds.